The lowest BCUT2D eigenvalue weighted by Crippen LogP contribution is -2.03. The average molecular weight is 232 g/mol. The van der Waals surface area contributed by atoms with Gasteiger partial charge in [0.15, 0.2) is 0 Å². The molecular weight excluding hydrogens is 214 g/mol. The van der Waals surface area contributed by atoms with Crippen LogP contribution in [0.1, 0.15) is 16.7 Å². The van der Waals surface area contributed by atoms with E-state index in [1.165, 1.54) is 0 Å². The number of hydrogen-bond acceptors (Lipinski definition) is 3. The summed E-state index contributed by atoms with van der Waals surface area (Å²) in [4.78, 5) is 0. The lowest BCUT2D eigenvalue weighted by atomic mass is 9.97. The van der Waals surface area contributed by atoms with Crippen LogP contribution in [0.4, 0.5) is 0 Å². The number of benzene rings is 1. The summed E-state index contributed by atoms with van der Waals surface area (Å²) in [5, 5.41) is 17.8. The van der Waals surface area contributed by atoms with E-state index in [-0.39, 0.29) is 19.4 Å². The molecule has 0 fully saturated rings. The molecule has 15 heavy (non-hydrogen) atoms. The van der Waals surface area contributed by atoms with E-state index in [2.05, 4.69) is 0 Å². The fraction of sp³-hybridized carbons (Fsp3) is 0.455. The van der Waals surface area contributed by atoms with Gasteiger partial charge in [-0.25, -0.2) is 0 Å². The maximum absolute atomic E-state index is 8.93. The minimum Gasteiger partial charge on any atom is -0.396 e. The van der Waals surface area contributed by atoms with Crippen LogP contribution in [-0.2, 0) is 18.7 Å². The summed E-state index contributed by atoms with van der Waals surface area (Å²) in [6, 6.07) is 5.86. The van der Waals surface area contributed by atoms with Crippen molar-refractivity contribution in [1.29, 1.82) is 0 Å². The molecular formula is C11H18ClNO2. The van der Waals surface area contributed by atoms with Crippen molar-refractivity contribution in [2.45, 2.75) is 18.7 Å². The van der Waals surface area contributed by atoms with Crippen LogP contribution in [0.25, 0.3) is 0 Å². The van der Waals surface area contributed by atoms with Crippen LogP contribution in [0, 0.1) is 0 Å². The average Bonchev–Trinajstić information content (AvgIpc) is 2.21. The Morgan fingerprint density at radius 2 is 1.60 bits per heavy atom. The van der Waals surface area contributed by atoms with Crippen LogP contribution in [0.5, 0.6) is 0 Å². The van der Waals surface area contributed by atoms with Crippen LogP contribution in [-0.4, -0.2) is 23.4 Å². The lowest BCUT2D eigenvalue weighted by Gasteiger charge is -2.11. The molecule has 0 saturated heterocycles. The summed E-state index contributed by atoms with van der Waals surface area (Å²) in [5.74, 6) is 0.453. The molecule has 0 aliphatic carbocycles. The van der Waals surface area contributed by atoms with E-state index in [0.29, 0.717) is 18.7 Å². The van der Waals surface area contributed by atoms with Gasteiger partial charge in [0.25, 0.3) is 0 Å². The summed E-state index contributed by atoms with van der Waals surface area (Å²) in [7, 11) is 0. The fourth-order valence-corrected chi connectivity index (χ4v) is 1.85. The molecule has 86 valence electrons. The van der Waals surface area contributed by atoms with Crippen molar-refractivity contribution >= 4 is 11.6 Å². The third-order valence-electron chi connectivity index (χ3n) is 2.26. The van der Waals surface area contributed by atoms with Crippen molar-refractivity contribution < 1.29 is 10.2 Å². The summed E-state index contributed by atoms with van der Waals surface area (Å²) in [6.45, 7) is 0.247. The van der Waals surface area contributed by atoms with E-state index < -0.39 is 0 Å². The van der Waals surface area contributed by atoms with Crippen molar-refractivity contribution in [3.63, 3.8) is 0 Å². The second kappa shape index (κ2) is 7.65. The zero-order chi connectivity index (χ0) is 10.4. The highest BCUT2D eigenvalue weighted by Crippen LogP contribution is 2.18. The monoisotopic (exact) mass is 231 g/mol. The van der Waals surface area contributed by atoms with Crippen molar-refractivity contribution in [2.75, 3.05) is 13.2 Å². The van der Waals surface area contributed by atoms with Gasteiger partial charge in [0.2, 0.25) is 0 Å². The molecule has 0 bridgehead atoms. The van der Waals surface area contributed by atoms with Crippen molar-refractivity contribution in [1.82, 2.24) is 6.15 Å². The normalized spacial score (nSPS) is 9.80. The van der Waals surface area contributed by atoms with Crippen LogP contribution in [0.3, 0.4) is 0 Å². The second-order valence-electron chi connectivity index (χ2n) is 3.14. The van der Waals surface area contributed by atoms with Gasteiger partial charge in [0.05, 0.1) is 0 Å². The van der Waals surface area contributed by atoms with Gasteiger partial charge < -0.3 is 16.4 Å². The Kier molecular flexibility index (Phi) is 7.34. The zero-order valence-electron chi connectivity index (χ0n) is 8.75. The Hall–Kier alpha value is -0.610. The summed E-state index contributed by atoms with van der Waals surface area (Å²) in [6.07, 6.45) is 1.23. The van der Waals surface area contributed by atoms with Gasteiger partial charge in [-0.05, 0) is 29.5 Å². The maximum atomic E-state index is 8.93. The third-order valence-corrected chi connectivity index (χ3v) is 2.54. The van der Waals surface area contributed by atoms with Gasteiger partial charge in [-0.1, -0.05) is 18.2 Å². The molecule has 0 heterocycles. The number of halogens is 1. The van der Waals surface area contributed by atoms with Crippen molar-refractivity contribution in [2.24, 2.45) is 0 Å². The van der Waals surface area contributed by atoms with Crippen LogP contribution >= 0.6 is 11.6 Å². The Bertz CT molecular complexity index is 292. The number of alkyl halides is 1. The molecule has 0 aliphatic heterocycles. The molecule has 1 aromatic rings. The quantitative estimate of drug-likeness (QED) is 0.675. The molecule has 0 amide bonds. The van der Waals surface area contributed by atoms with E-state index in [4.69, 9.17) is 21.8 Å². The van der Waals surface area contributed by atoms with Gasteiger partial charge in [0.1, 0.15) is 0 Å². The standard InChI is InChI=1S/C11H15ClO2.H3N/c12-8-10-3-1-2-9(4-6-13)11(10)5-7-14;/h1-3,13-14H,4-8H2;1H3. The summed E-state index contributed by atoms with van der Waals surface area (Å²) >= 11 is 5.80. The largest absolute Gasteiger partial charge is 0.396 e. The summed E-state index contributed by atoms with van der Waals surface area (Å²) in [5.41, 5.74) is 3.21. The van der Waals surface area contributed by atoms with Gasteiger partial charge in [-0.3, -0.25) is 0 Å². The molecule has 0 radical (unpaired) electrons. The second-order valence-corrected chi connectivity index (χ2v) is 3.40. The molecule has 4 heteroatoms. The van der Waals surface area contributed by atoms with Crippen molar-refractivity contribution in [3.05, 3.63) is 34.9 Å². The molecule has 0 atom stereocenters. The Balaban J connectivity index is 0.00000196. The van der Waals surface area contributed by atoms with Gasteiger partial charge >= 0.3 is 0 Å². The van der Waals surface area contributed by atoms with Crippen LogP contribution < -0.4 is 6.15 Å². The molecule has 1 rings (SSSR count). The molecule has 0 saturated carbocycles. The first-order valence-corrected chi connectivity index (χ1v) is 5.24. The van der Waals surface area contributed by atoms with Crippen LogP contribution in [0.15, 0.2) is 18.2 Å². The Labute approximate surface area is 95.3 Å². The molecule has 0 aromatic heterocycles. The minimum absolute atomic E-state index is 0. The number of aliphatic hydroxyl groups excluding tert-OH is 2. The van der Waals surface area contributed by atoms with E-state index in [9.17, 15) is 0 Å². The molecule has 1 aromatic carbocycles. The molecule has 0 aliphatic rings. The number of hydrogen-bond donors (Lipinski definition) is 3. The van der Waals surface area contributed by atoms with E-state index in [0.717, 1.165) is 16.7 Å². The topological polar surface area (TPSA) is 75.5 Å². The highest BCUT2D eigenvalue weighted by molar-refractivity contribution is 6.17. The Morgan fingerprint density at radius 1 is 1.00 bits per heavy atom. The van der Waals surface area contributed by atoms with Gasteiger partial charge in [-0.15, -0.1) is 11.6 Å². The Morgan fingerprint density at radius 3 is 2.13 bits per heavy atom. The van der Waals surface area contributed by atoms with E-state index in [1.807, 2.05) is 18.2 Å². The molecule has 3 nitrogen and oxygen atoms in total. The number of rotatable bonds is 5. The zero-order valence-corrected chi connectivity index (χ0v) is 9.50. The lowest BCUT2D eigenvalue weighted by molar-refractivity contribution is 0.293. The first kappa shape index (κ1) is 14.4. The number of aliphatic hydroxyl groups is 2. The van der Waals surface area contributed by atoms with Crippen LogP contribution in [0.2, 0.25) is 0 Å². The van der Waals surface area contributed by atoms with Crippen molar-refractivity contribution in [3.8, 4) is 0 Å². The molecule has 5 N–H and O–H groups in total. The minimum atomic E-state index is 0. The first-order chi connectivity index (χ1) is 6.83. The molecule has 0 spiro atoms. The molecule has 0 unspecified atom stereocenters. The van der Waals surface area contributed by atoms with Gasteiger partial charge in [0, 0.05) is 19.1 Å². The predicted molar refractivity (Wildman–Crippen MR) is 62.6 cm³/mol. The maximum Gasteiger partial charge on any atom is 0.0476 e. The smallest absolute Gasteiger partial charge is 0.0476 e. The van der Waals surface area contributed by atoms with E-state index in [1.54, 1.807) is 0 Å². The highest BCUT2D eigenvalue weighted by atomic mass is 35.5. The fourth-order valence-electron chi connectivity index (χ4n) is 1.60. The van der Waals surface area contributed by atoms with E-state index >= 15 is 0 Å². The predicted octanol–water partition coefficient (Wildman–Crippen LogP) is 1.66. The third kappa shape index (κ3) is 3.80. The SMILES string of the molecule is N.OCCc1cccc(CCl)c1CCO. The highest BCUT2D eigenvalue weighted by Gasteiger charge is 2.06. The van der Waals surface area contributed by atoms with Gasteiger partial charge in [-0.2, -0.15) is 0 Å². The first-order valence-electron chi connectivity index (χ1n) is 4.70. The summed E-state index contributed by atoms with van der Waals surface area (Å²) < 4.78 is 0.